The molecule has 5 heteroatoms. The maximum absolute atomic E-state index is 9.61. The Labute approximate surface area is 99.6 Å². The number of rotatable bonds is 6. The Morgan fingerprint density at radius 1 is 1.53 bits per heavy atom. The summed E-state index contributed by atoms with van der Waals surface area (Å²) in [7, 11) is 0. The number of hydrogen-bond donors (Lipinski definition) is 1. The van der Waals surface area contributed by atoms with Gasteiger partial charge in [0.2, 0.25) is 6.29 Å². The van der Waals surface area contributed by atoms with Crippen molar-refractivity contribution in [1.29, 1.82) is 0 Å². The standard InChI is InChI=1S/C12H16N2O3/c1-10(14-7-3-6-13-14)5-9-17-12(15)11-4-2-8-16-11/h2-4,6-8,10,12,15H,5,9H2,1H3. The Morgan fingerprint density at radius 2 is 2.41 bits per heavy atom. The molecule has 2 aromatic heterocycles. The minimum absolute atomic E-state index is 0.244. The third-order valence-corrected chi connectivity index (χ3v) is 2.57. The summed E-state index contributed by atoms with van der Waals surface area (Å²) in [6, 6.07) is 5.53. The van der Waals surface area contributed by atoms with Crippen LogP contribution in [0.3, 0.4) is 0 Å². The predicted octanol–water partition coefficient (Wildman–Crippen LogP) is 2.13. The zero-order chi connectivity index (χ0) is 12.1. The summed E-state index contributed by atoms with van der Waals surface area (Å²) in [5.41, 5.74) is 0. The topological polar surface area (TPSA) is 60.4 Å². The van der Waals surface area contributed by atoms with E-state index in [2.05, 4.69) is 12.0 Å². The lowest BCUT2D eigenvalue weighted by Crippen LogP contribution is -2.11. The van der Waals surface area contributed by atoms with Crippen LogP contribution in [0.15, 0.2) is 41.3 Å². The van der Waals surface area contributed by atoms with Crippen molar-refractivity contribution < 1.29 is 14.3 Å². The van der Waals surface area contributed by atoms with Crippen molar-refractivity contribution in [2.45, 2.75) is 25.7 Å². The molecule has 2 unspecified atom stereocenters. The molecule has 0 spiro atoms. The molecular weight excluding hydrogens is 220 g/mol. The summed E-state index contributed by atoms with van der Waals surface area (Å²) in [6.07, 6.45) is 4.95. The summed E-state index contributed by atoms with van der Waals surface area (Å²) in [6.45, 7) is 2.50. The smallest absolute Gasteiger partial charge is 0.214 e. The van der Waals surface area contributed by atoms with Crippen molar-refractivity contribution in [2.24, 2.45) is 0 Å². The number of ether oxygens (including phenoxy) is 1. The first-order chi connectivity index (χ1) is 8.27. The molecule has 2 rings (SSSR count). The van der Waals surface area contributed by atoms with E-state index in [4.69, 9.17) is 9.15 Å². The maximum Gasteiger partial charge on any atom is 0.214 e. The fourth-order valence-electron chi connectivity index (χ4n) is 1.54. The van der Waals surface area contributed by atoms with Crippen molar-refractivity contribution >= 4 is 0 Å². The van der Waals surface area contributed by atoms with Gasteiger partial charge in [0.1, 0.15) is 0 Å². The van der Waals surface area contributed by atoms with Gasteiger partial charge in [-0.2, -0.15) is 5.10 Å². The largest absolute Gasteiger partial charge is 0.464 e. The maximum atomic E-state index is 9.61. The van der Waals surface area contributed by atoms with E-state index >= 15 is 0 Å². The predicted molar refractivity (Wildman–Crippen MR) is 61.2 cm³/mol. The molecule has 0 aliphatic carbocycles. The number of aromatic nitrogens is 2. The lowest BCUT2D eigenvalue weighted by Gasteiger charge is -2.14. The number of furan rings is 1. The molecule has 17 heavy (non-hydrogen) atoms. The lowest BCUT2D eigenvalue weighted by molar-refractivity contribution is -0.117. The molecule has 5 nitrogen and oxygen atoms in total. The van der Waals surface area contributed by atoms with Crippen LogP contribution < -0.4 is 0 Å². The van der Waals surface area contributed by atoms with Gasteiger partial charge in [0, 0.05) is 12.4 Å². The highest BCUT2D eigenvalue weighted by molar-refractivity contribution is 4.98. The minimum Gasteiger partial charge on any atom is -0.464 e. The Morgan fingerprint density at radius 3 is 3.06 bits per heavy atom. The number of nitrogens with zero attached hydrogens (tertiary/aromatic N) is 2. The molecule has 0 radical (unpaired) electrons. The lowest BCUT2D eigenvalue weighted by atomic mass is 10.2. The van der Waals surface area contributed by atoms with E-state index in [9.17, 15) is 5.11 Å². The zero-order valence-corrected chi connectivity index (χ0v) is 9.69. The molecule has 1 N–H and O–H groups in total. The molecule has 0 fully saturated rings. The van der Waals surface area contributed by atoms with Crippen molar-refractivity contribution in [2.75, 3.05) is 6.61 Å². The van der Waals surface area contributed by atoms with Crippen molar-refractivity contribution in [3.63, 3.8) is 0 Å². The summed E-state index contributed by atoms with van der Waals surface area (Å²) in [5, 5.41) is 13.8. The van der Waals surface area contributed by atoms with Gasteiger partial charge in [-0.25, -0.2) is 0 Å². The fraction of sp³-hybridized carbons (Fsp3) is 0.417. The van der Waals surface area contributed by atoms with Gasteiger partial charge in [0.25, 0.3) is 0 Å². The van der Waals surface area contributed by atoms with Gasteiger partial charge in [0.15, 0.2) is 5.76 Å². The molecule has 2 heterocycles. The van der Waals surface area contributed by atoms with Gasteiger partial charge in [-0.15, -0.1) is 0 Å². The highest BCUT2D eigenvalue weighted by atomic mass is 16.6. The quantitative estimate of drug-likeness (QED) is 0.780. The SMILES string of the molecule is CC(CCOC(O)c1ccco1)n1cccn1. The van der Waals surface area contributed by atoms with E-state index in [0.717, 1.165) is 6.42 Å². The second kappa shape index (κ2) is 5.65. The monoisotopic (exact) mass is 236 g/mol. The van der Waals surface area contributed by atoms with Crippen LogP contribution in [0.5, 0.6) is 0 Å². The van der Waals surface area contributed by atoms with E-state index < -0.39 is 6.29 Å². The van der Waals surface area contributed by atoms with Crippen LogP contribution in [0.2, 0.25) is 0 Å². The normalized spacial score (nSPS) is 14.7. The van der Waals surface area contributed by atoms with E-state index in [1.165, 1.54) is 6.26 Å². The number of hydrogen-bond acceptors (Lipinski definition) is 4. The average molecular weight is 236 g/mol. The molecule has 0 saturated heterocycles. The summed E-state index contributed by atoms with van der Waals surface area (Å²) in [5.74, 6) is 0.428. The van der Waals surface area contributed by atoms with Crippen molar-refractivity contribution in [3.8, 4) is 0 Å². The van der Waals surface area contributed by atoms with Gasteiger partial charge in [0.05, 0.1) is 18.9 Å². The molecule has 0 bridgehead atoms. The van der Waals surface area contributed by atoms with Gasteiger partial charge < -0.3 is 14.3 Å². The molecule has 0 amide bonds. The summed E-state index contributed by atoms with van der Waals surface area (Å²) < 4.78 is 12.2. The Balaban J connectivity index is 1.73. The molecule has 2 aromatic rings. The summed E-state index contributed by atoms with van der Waals surface area (Å²) >= 11 is 0. The third-order valence-electron chi connectivity index (χ3n) is 2.57. The Bertz CT molecular complexity index is 371. The first-order valence-electron chi connectivity index (χ1n) is 5.59. The first-order valence-corrected chi connectivity index (χ1v) is 5.59. The van der Waals surface area contributed by atoms with E-state index in [-0.39, 0.29) is 6.04 Å². The highest BCUT2D eigenvalue weighted by Gasteiger charge is 2.11. The average Bonchev–Trinajstić information content (AvgIpc) is 3.02. The van der Waals surface area contributed by atoms with Crippen LogP contribution in [-0.2, 0) is 4.74 Å². The second-order valence-corrected chi connectivity index (χ2v) is 3.86. The van der Waals surface area contributed by atoms with Crippen molar-refractivity contribution in [1.82, 2.24) is 9.78 Å². The molecule has 0 aliphatic heterocycles. The van der Waals surface area contributed by atoms with E-state index in [1.54, 1.807) is 18.3 Å². The number of aliphatic hydroxyl groups is 1. The van der Waals surface area contributed by atoms with Crippen molar-refractivity contribution in [3.05, 3.63) is 42.6 Å². The summed E-state index contributed by atoms with van der Waals surface area (Å²) in [4.78, 5) is 0. The molecule has 92 valence electrons. The zero-order valence-electron chi connectivity index (χ0n) is 9.69. The van der Waals surface area contributed by atoms with Crippen LogP contribution in [0, 0.1) is 0 Å². The van der Waals surface area contributed by atoms with Crippen LogP contribution in [-0.4, -0.2) is 21.5 Å². The molecule has 2 atom stereocenters. The third kappa shape index (κ3) is 3.18. The molecule has 0 aromatic carbocycles. The Hall–Kier alpha value is -1.59. The minimum atomic E-state index is -0.991. The van der Waals surface area contributed by atoms with Gasteiger partial charge in [-0.05, 0) is 31.5 Å². The second-order valence-electron chi connectivity index (χ2n) is 3.86. The van der Waals surface area contributed by atoms with E-state index in [0.29, 0.717) is 12.4 Å². The molecule has 0 aliphatic rings. The van der Waals surface area contributed by atoms with Gasteiger partial charge >= 0.3 is 0 Å². The fourth-order valence-corrected chi connectivity index (χ4v) is 1.54. The van der Waals surface area contributed by atoms with E-state index in [1.807, 2.05) is 16.9 Å². The molecule has 0 saturated carbocycles. The highest BCUT2D eigenvalue weighted by Crippen LogP contribution is 2.16. The van der Waals surface area contributed by atoms with Crippen LogP contribution >= 0.6 is 0 Å². The Kier molecular flexibility index (Phi) is 3.95. The van der Waals surface area contributed by atoms with Crippen LogP contribution in [0.25, 0.3) is 0 Å². The van der Waals surface area contributed by atoms with Crippen LogP contribution in [0.1, 0.15) is 31.4 Å². The van der Waals surface area contributed by atoms with Crippen LogP contribution in [0.4, 0.5) is 0 Å². The van der Waals surface area contributed by atoms with Gasteiger partial charge in [-0.1, -0.05) is 0 Å². The first kappa shape index (κ1) is 11.9. The van der Waals surface area contributed by atoms with Gasteiger partial charge in [-0.3, -0.25) is 4.68 Å². The molecular formula is C12H16N2O3. The number of aliphatic hydroxyl groups excluding tert-OH is 1.